The average Bonchev–Trinajstić information content (AvgIpc) is 3.01. The summed E-state index contributed by atoms with van der Waals surface area (Å²) in [7, 11) is -3.80. The normalized spacial score (nSPS) is 11.5. The highest BCUT2D eigenvalue weighted by Gasteiger charge is 2.23. The second-order valence-corrected chi connectivity index (χ2v) is 6.57. The minimum Gasteiger partial charge on any atom is -0.431 e. The molecule has 0 atom stereocenters. The lowest BCUT2D eigenvalue weighted by molar-refractivity contribution is 0.555. The van der Waals surface area contributed by atoms with Crippen LogP contribution < -0.4 is 0 Å². The highest BCUT2D eigenvalue weighted by atomic mass is 32.2. The van der Waals surface area contributed by atoms with Gasteiger partial charge in [-0.1, -0.05) is 24.3 Å². The van der Waals surface area contributed by atoms with Gasteiger partial charge in [0.2, 0.25) is 27.0 Å². The van der Waals surface area contributed by atoms with Crippen LogP contribution in [0.3, 0.4) is 0 Å². The summed E-state index contributed by atoms with van der Waals surface area (Å²) >= 11 is 0. The molecule has 0 amide bonds. The molecular weight excluding hydrogens is 305 g/mol. The fourth-order valence-electron chi connectivity index (χ4n) is 2.00. The molecular formula is C16H11FNO3S. The number of halogens is 1. The lowest BCUT2D eigenvalue weighted by atomic mass is 10.1. The summed E-state index contributed by atoms with van der Waals surface area (Å²) in [6, 6.07) is 12.0. The summed E-state index contributed by atoms with van der Waals surface area (Å²) in [5, 5.41) is -0.322. The van der Waals surface area contributed by atoms with Crippen molar-refractivity contribution >= 4 is 9.84 Å². The van der Waals surface area contributed by atoms with Gasteiger partial charge in [0.05, 0.1) is 4.90 Å². The van der Waals surface area contributed by atoms with Gasteiger partial charge in [0, 0.05) is 5.56 Å². The molecule has 0 bridgehead atoms. The van der Waals surface area contributed by atoms with E-state index in [1.165, 1.54) is 24.3 Å². The molecule has 6 heteroatoms. The van der Waals surface area contributed by atoms with Gasteiger partial charge in [0.15, 0.2) is 0 Å². The Morgan fingerprint density at radius 2 is 1.86 bits per heavy atom. The molecule has 0 aliphatic heterocycles. The number of sulfone groups is 1. The van der Waals surface area contributed by atoms with Gasteiger partial charge in [-0.2, -0.15) is 4.98 Å². The third-order valence-corrected chi connectivity index (χ3v) is 4.75. The van der Waals surface area contributed by atoms with Crippen molar-refractivity contribution in [1.29, 1.82) is 0 Å². The lowest BCUT2D eigenvalue weighted by Crippen LogP contribution is -2.02. The molecule has 0 saturated carbocycles. The zero-order valence-electron chi connectivity index (χ0n) is 11.6. The number of nitrogens with zero attached hydrogens (tertiary/aromatic N) is 1. The van der Waals surface area contributed by atoms with Crippen LogP contribution in [-0.2, 0) is 9.84 Å². The maximum atomic E-state index is 13.3. The van der Waals surface area contributed by atoms with E-state index in [9.17, 15) is 12.8 Å². The van der Waals surface area contributed by atoms with Crippen LogP contribution in [0.2, 0.25) is 0 Å². The first-order valence-corrected chi connectivity index (χ1v) is 7.92. The Morgan fingerprint density at radius 3 is 2.59 bits per heavy atom. The SMILES string of the molecule is Cc1ccc(F)cc1-c1nc(S(=O)(=O)c2ccccc2)[c]o1. The van der Waals surface area contributed by atoms with Gasteiger partial charge in [-0.05, 0) is 36.8 Å². The first kappa shape index (κ1) is 14.5. The van der Waals surface area contributed by atoms with E-state index in [2.05, 4.69) is 11.2 Å². The Bertz CT molecular complexity index is 918. The van der Waals surface area contributed by atoms with Crippen molar-refractivity contribution in [3.63, 3.8) is 0 Å². The predicted molar refractivity (Wildman–Crippen MR) is 77.4 cm³/mol. The molecule has 0 aliphatic carbocycles. The molecule has 0 saturated heterocycles. The Labute approximate surface area is 127 Å². The minimum atomic E-state index is -3.80. The molecule has 1 heterocycles. The quantitative estimate of drug-likeness (QED) is 0.743. The number of rotatable bonds is 3. The van der Waals surface area contributed by atoms with Crippen molar-refractivity contribution in [2.24, 2.45) is 0 Å². The van der Waals surface area contributed by atoms with Crippen LogP contribution in [0.15, 0.2) is 62.9 Å². The van der Waals surface area contributed by atoms with Crippen molar-refractivity contribution in [2.75, 3.05) is 0 Å². The molecule has 4 nitrogen and oxygen atoms in total. The van der Waals surface area contributed by atoms with Crippen molar-refractivity contribution in [3.8, 4) is 11.5 Å². The zero-order valence-corrected chi connectivity index (χ0v) is 12.4. The molecule has 3 rings (SSSR count). The summed E-state index contributed by atoms with van der Waals surface area (Å²) in [6.07, 6.45) is 2.29. The summed E-state index contributed by atoms with van der Waals surface area (Å²) < 4.78 is 43.3. The second-order valence-electron chi connectivity index (χ2n) is 4.70. The highest BCUT2D eigenvalue weighted by Crippen LogP contribution is 2.26. The van der Waals surface area contributed by atoms with Crippen molar-refractivity contribution in [2.45, 2.75) is 16.8 Å². The Kier molecular flexibility index (Phi) is 3.54. The van der Waals surface area contributed by atoms with E-state index in [1.807, 2.05) is 0 Å². The van der Waals surface area contributed by atoms with Gasteiger partial charge in [-0.25, -0.2) is 12.8 Å². The van der Waals surface area contributed by atoms with Crippen LogP contribution in [0.4, 0.5) is 4.39 Å². The van der Waals surface area contributed by atoms with Gasteiger partial charge in [0.1, 0.15) is 5.82 Å². The van der Waals surface area contributed by atoms with Gasteiger partial charge < -0.3 is 4.42 Å². The summed E-state index contributed by atoms with van der Waals surface area (Å²) in [5.74, 6) is -0.433. The van der Waals surface area contributed by atoms with Crippen molar-refractivity contribution < 1.29 is 17.2 Å². The zero-order chi connectivity index (χ0) is 15.7. The molecule has 0 fully saturated rings. The first-order valence-electron chi connectivity index (χ1n) is 6.43. The van der Waals surface area contributed by atoms with Crippen LogP contribution in [0.25, 0.3) is 11.5 Å². The average molecular weight is 316 g/mol. The highest BCUT2D eigenvalue weighted by molar-refractivity contribution is 7.91. The van der Waals surface area contributed by atoms with E-state index in [4.69, 9.17) is 4.42 Å². The van der Waals surface area contributed by atoms with E-state index in [0.717, 1.165) is 5.56 Å². The van der Waals surface area contributed by atoms with Gasteiger partial charge in [-0.3, -0.25) is 0 Å². The van der Waals surface area contributed by atoms with Crippen LogP contribution in [0.1, 0.15) is 5.56 Å². The molecule has 3 aromatic rings. The number of aromatic nitrogens is 1. The number of oxazole rings is 1. The summed E-state index contributed by atoms with van der Waals surface area (Å²) in [5.41, 5.74) is 1.12. The number of aryl methyl sites for hydroxylation is 1. The first-order chi connectivity index (χ1) is 10.5. The molecule has 0 aliphatic rings. The molecule has 1 radical (unpaired) electrons. The summed E-state index contributed by atoms with van der Waals surface area (Å²) in [6.45, 7) is 1.75. The predicted octanol–water partition coefficient (Wildman–Crippen LogP) is 3.42. The molecule has 111 valence electrons. The maximum absolute atomic E-state index is 13.3. The van der Waals surface area contributed by atoms with E-state index in [0.29, 0.717) is 5.56 Å². The van der Waals surface area contributed by atoms with E-state index in [1.54, 1.807) is 31.2 Å². The Hall–Kier alpha value is -2.47. The molecule has 22 heavy (non-hydrogen) atoms. The number of benzene rings is 2. The molecule has 0 spiro atoms. The largest absolute Gasteiger partial charge is 0.431 e. The van der Waals surface area contributed by atoms with Crippen molar-refractivity contribution in [1.82, 2.24) is 4.98 Å². The minimum absolute atomic E-state index is 0.0199. The van der Waals surface area contributed by atoms with Crippen molar-refractivity contribution in [3.05, 3.63) is 66.2 Å². The van der Waals surface area contributed by atoms with E-state index < -0.39 is 15.7 Å². The monoisotopic (exact) mass is 316 g/mol. The molecule has 0 N–H and O–H groups in total. The molecule has 0 unspecified atom stereocenters. The van der Waals surface area contributed by atoms with Crippen LogP contribution >= 0.6 is 0 Å². The standard InChI is InChI=1S/C16H11FNO3S/c1-11-7-8-12(17)9-14(11)16-18-15(10-21-16)22(19,20)13-5-3-2-4-6-13/h2-9H,1H3. The number of hydrogen-bond acceptors (Lipinski definition) is 4. The van der Waals surface area contributed by atoms with Gasteiger partial charge in [0.25, 0.3) is 0 Å². The van der Waals surface area contributed by atoms with Gasteiger partial charge >= 0.3 is 0 Å². The van der Waals surface area contributed by atoms with E-state index in [-0.39, 0.29) is 15.8 Å². The fraction of sp³-hybridized carbons (Fsp3) is 0.0625. The summed E-state index contributed by atoms with van der Waals surface area (Å²) in [4.78, 5) is 4.05. The topological polar surface area (TPSA) is 60.2 Å². The Morgan fingerprint density at radius 1 is 1.14 bits per heavy atom. The van der Waals surface area contributed by atoms with E-state index >= 15 is 0 Å². The van der Waals surface area contributed by atoms with Crippen LogP contribution in [0.5, 0.6) is 0 Å². The lowest BCUT2D eigenvalue weighted by Gasteiger charge is -2.01. The molecule has 1 aromatic heterocycles. The van der Waals surface area contributed by atoms with Crippen LogP contribution in [-0.4, -0.2) is 13.4 Å². The fourth-order valence-corrected chi connectivity index (χ4v) is 3.09. The van der Waals surface area contributed by atoms with Gasteiger partial charge in [-0.15, -0.1) is 0 Å². The molecule has 2 aromatic carbocycles. The number of hydrogen-bond donors (Lipinski definition) is 0. The Balaban J connectivity index is 2.06. The third kappa shape index (κ3) is 2.53. The smallest absolute Gasteiger partial charge is 0.228 e. The third-order valence-electron chi connectivity index (χ3n) is 3.18. The second kappa shape index (κ2) is 5.38. The maximum Gasteiger partial charge on any atom is 0.228 e. The van der Waals surface area contributed by atoms with Crippen LogP contribution in [0, 0.1) is 19.0 Å².